The maximum atomic E-state index is 11.5. The first-order valence-corrected chi connectivity index (χ1v) is 7.43. The molecule has 4 N–H and O–H groups in total. The van der Waals surface area contributed by atoms with Crippen molar-refractivity contribution in [3.63, 3.8) is 0 Å². The molecule has 5 nitrogen and oxygen atoms in total. The first-order valence-electron chi connectivity index (χ1n) is 7.43. The Kier molecular flexibility index (Phi) is 3.71. The van der Waals surface area contributed by atoms with Gasteiger partial charge in [-0.05, 0) is 49.0 Å². The highest BCUT2D eigenvalue weighted by Crippen LogP contribution is 2.38. The predicted octanol–water partition coefficient (Wildman–Crippen LogP) is 2.21. The average molecular weight is 297 g/mol. The van der Waals surface area contributed by atoms with Gasteiger partial charge in [-0.25, -0.2) is 0 Å². The third-order valence-electron chi connectivity index (χ3n) is 4.43. The fraction of sp³-hybridized carbons (Fsp3) is 0.294. The van der Waals surface area contributed by atoms with Gasteiger partial charge in [0.15, 0.2) is 0 Å². The summed E-state index contributed by atoms with van der Waals surface area (Å²) >= 11 is 0. The number of hydrogen-bond donors (Lipinski definition) is 3. The molecule has 2 amide bonds. The topological polar surface area (TPSA) is 88.0 Å². The van der Waals surface area contributed by atoms with Crippen LogP contribution in [0.4, 0.5) is 0 Å². The van der Waals surface area contributed by atoms with Gasteiger partial charge in [0, 0.05) is 17.6 Å². The van der Waals surface area contributed by atoms with E-state index in [1.165, 1.54) is 11.6 Å². The van der Waals surface area contributed by atoms with Gasteiger partial charge < -0.3 is 16.0 Å². The van der Waals surface area contributed by atoms with E-state index in [0.29, 0.717) is 11.5 Å². The molecule has 5 heteroatoms. The fourth-order valence-electron chi connectivity index (χ4n) is 3.40. The van der Waals surface area contributed by atoms with E-state index in [1.54, 1.807) is 6.07 Å². The minimum atomic E-state index is -0.429. The Morgan fingerprint density at radius 2 is 2.14 bits per heavy atom. The van der Waals surface area contributed by atoms with Gasteiger partial charge in [0.1, 0.15) is 0 Å². The monoisotopic (exact) mass is 297 g/mol. The maximum Gasteiger partial charge on any atom is 0.250 e. The zero-order valence-corrected chi connectivity index (χ0v) is 12.3. The van der Waals surface area contributed by atoms with Crippen LogP contribution < -0.4 is 11.1 Å². The zero-order valence-electron chi connectivity index (χ0n) is 12.3. The summed E-state index contributed by atoms with van der Waals surface area (Å²) in [4.78, 5) is 26.0. The van der Waals surface area contributed by atoms with Crippen molar-refractivity contribution in [2.75, 3.05) is 0 Å². The number of aromatic nitrogens is 1. The highest BCUT2D eigenvalue weighted by molar-refractivity contribution is 6.05. The molecular formula is C17H19N3O2. The second-order valence-electron chi connectivity index (χ2n) is 5.75. The molecule has 0 bridgehead atoms. The zero-order chi connectivity index (χ0) is 15.7. The summed E-state index contributed by atoms with van der Waals surface area (Å²) < 4.78 is 0. The Bertz CT molecular complexity index is 747. The van der Waals surface area contributed by atoms with Crippen molar-refractivity contribution in [2.24, 2.45) is 5.73 Å². The van der Waals surface area contributed by atoms with Gasteiger partial charge in [0.05, 0.1) is 11.1 Å². The van der Waals surface area contributed by atoms with Gasteiger partial charge in [0.2, 0.25) is 5.91 Å². The standard InChI is InChI=1S/C17H19N3O2/c1-2-15(21)20-11-4-3-10(9-11)12-5-6-14(17(18)22)16-13(12)7-8-19-16/h2,5-8,10-11,19H,1,3-4,9H2,(H2,18,22)(H,20,21)/t10-,11-/m1/s1. The van der Waals surface area contributed by atoms with Crippen LogP contribution in [-0.4, -0.2) is 22.8 Å². The number of fused-ring (bicyclic) bond motifs is 1. The van der Waals surface area contributed by atoms with Gasteiger partial charge in [0.25, 0.3) is 5.91 Å². The van der Waals surface area contributed by atoms with Crippen molar-refractivity contribution in [3.8, 4) is 0 Å². The maximum absolute atomic E-state index is 11.5. The molecule has 1 aliphatic rings. The van der Waals surface area contributed by atoms with Crippen molar-refractivity contribution in [2.45, 2.75) is 31.2 Å². The molecule has 1 heterocycles. The van der Waals surface area contributed by atoms with Crippen molar-refractivity contribution in [1.82, 2.24) is 10.3 Å². The van der Waals surface area contributed by atoms with Crippen LogP contribution in [0.15, 0.2) is 37.1 Å². The molecule has 114 valence electrons. The second-order valence-corrected chi connectivity index (χ2v) is 5.75. The summed E-state index contributed by atoms with van der Waals surface area (Å²) in [6.07, 6.45) is 5.99. The minimum absolute atomic E-state index is 0.124. The van der Waals surface area contributed by atoms with Crippen LogP contribution in [0, 0.1) is 0 Å². The predicted molar refractivity (Wildman–Crippen MR) is 85.5 cm³/mol. The largest absolute Gasteiger partial charge is 0.366 e. The van der Waals surface area contributed by atoms with Crippen LogP contribution in [0.25, 0.3) is 10.9 Å². The number of nitrogens with two attached hydrogens (primary N) is 1. The number of amides is 2. The van der Waals surface area contributed by atoms with Crippen LogP contribution in [0.3, 0.4) is 0 Å². The Morgan fingerprint density at radius 3 is 2.86 bits per heavy atom. The van der Waals surface area contributed by atoms with Gasteiger partial charge in [-0.1, -0.05) is 12.6 Å². The molecule has 0 unspecified atom stereocenters. The van der Waals surface area contributed by atoms with E-state index >= 15 is 0 Å². The lowest BCUT2D eigenvalue weighted by Gasteiger charge is -2.14. The van der Waals surface area contributed by atoms with Crippen molar-refractivity contribution in [1.29, 1.82) is 0 Å². The molecular weight excluding hydrogens is 278 g/mol. The number of hydrogen-bond acceptors (Lipinski definition) is 2. The fourth-order valence-corrected chi connectivity index (χ4v) is 3.40. The number of carbonyl (C=O) groups is 2. The van der Waals surface area contributed by atoms with Crippen LogP contribution >= 0.6 is 0 Å². The summed E-state index contributed by atoms with van der Waals surface area (Å²) in [7, 11) is 0. The minimum Gasteiger partial charge on any atom is -0.366 e. The molecule has 1 aromatic heterocycles. The first kappa shape index (κ1) is 14.4. The van der Waals surface area contributed by atoms with Crippen LogP contribution in [0.5, 0.6) is 0 Å². The normalized spacial score (nSPS) is 20.9. The number of rotatable bonds is 4. The summed E-state index contributed by atoms with van der Waals surface area (Å²) in [6, 6.07) is 5.93. The molecule has 3 rings (SSSR count). The van der Waals surface area contributed by atoms with Crippen LogP contribution in [-0.2, 0) is 4.79 Å². The molecule has 0 spiro atoms. The lowest BCUT2D eigenvalue weighted by molar-refractivity contribution is -0.117. The van der Waals surface area contributed by atoms with E-state index in [0.717, 1.165) is 30.2 Å². The Hall–Kier alpha value is -2.56. The number of carbonyl (C=O) groups excluding carboxylic acids is 2. The number of primary amides is 1. The van der Waals surface area contributed by atoms with E-state index in [9.17, 15) is 9.59 Å². The SMILES string of the molecule is C=CC(=O)N[C@@H]1CC[C@@H](c2ccc(C(N)=O)c3[nH]ccc23)C1. The highest BCUT2D eigenvalue weighted by atomic mass is 16.1. The second kappa shape index (κ2) is 5.67. The third-order valence-corrected chi connectivity index (χ3v) is 4.43. The Labute approximate surface area is 128 Å². The molecule has 1 fully saturated rings. The molecule has 1 aromatic carbocycles. The lowest BCUT2D eigenvalue weighted by Crippen LogP contribution is -2.31. The van der Waals surface area contributed by atoms with Crippen molar-refractivity contribution < 1.29 is 9.59 Å². The van der Waals surface area contributed by atoms with E-state index in [2.05, 4.69) is 16.9 Å². The average Bonchev–Trinajstić information content (AvgIpc) is 3.14. The molecule has 2 aromatic rings. The van der Waals surface area contributed by atoms with Gasteiger partial charge in [-0.2, -0.15) is 0 Å². The smallest absolute Gasteiger partial charge is 0.250 e. The number of aromatic amines is 1. The van der Waals surface area contributed by atoms with Crippen LogP contribution in [0.2, 0.25) is 0 Å². The number of benzene rings is 1. The van der Waals surface area contributed by atoms with Crippen molar-refractivity contribution >= 4 is 22.7 Å². The molecule has 0 saturated heterocycles. The lowest BCUT2D eigenvalue weighted by atomic mass is 9.92. The molecule has 1 saturated carbocycles. The summed E-state index contributed by atoms with van der Waals surface area (Å²) in [5.74, 6) is -0.182. The molecule has 0 radical (unpaired) electrons. The molecule has 22 heavy (non-hydrogen) atoms. The summed E-state index contributed by atoms with van der Waals surface area (Å²) in [5, 5.41) is 4.00. The van der Waals surface area contributed by atoms with E-state index in [4.69, 9.17) is 5.73 Å². The van der Waals surface area contributed by atoms with E-state index in [1.807, 2.05) is 18.3 Å². The molecule has 0 aliphatic heterocycles. The highest BCUT2D eigenvalue weighted by Gasteiger charge is 2.28. The van der Waals surface area contributed by atoms with Gasteiger partial charge in [-0.15, -0.1) is 0 Å². The summed E-state index contributed by atoms with van der Waals surface area (Å²) in [6.45, 7) is 3.48. The van der Waals surface area contributed by atoms with E-state index < -0.39 is 5.91 Å². The van der Waals surface area contributed by atoms with Gasteiger partial charge in [-0.3, -0.25) is 9.59 Å². The first-order chi connectivity index (χ1) is 10.6. The quantitative estimate of drug-likeness (QED) is 0.755. The van der Waals surface area contributed by atoms with Crippen molar-refractivity contribution in [3.05, 3.63) is 48.2 Å². The Morgan fingerprint density at radius 1 is 1.32 bits per heavy atom. The molecule has 1 aliphatic carbocycles. The number of nitrogens with one attached hydrogen (secondary N) is 2. The summed E-state index contributed by atoms with van der Waals surface area (Å²) in [5.41, 5.74) is 7.93. The third kappa shape index (κ3) is 2.50. The Balaban J connectivity index is 1.87. The van der Waals surface area contributed by atoms with Gasteiger partial charge >= 0.3 is 0 Å². The van der Waals surface area contributed by atoms with E-state index in [-0.39, 0.29) is 11.9 Å². The molecule has 2 atom stereocenters. The number of H-pyrrole nitrogens is 1. The van der Waals surface area contributed by atoms with Crippen LogP contribution in [0.1, 0.15) is 41.1 Å².